The first-order chi connectivity index (χ1) is 12.9. The summed E-state index contributed by atoms with van der Waals surface area (Å²) in [5.74, 6) is -0.567. The van der Waals surface area contributed by atoms with Crippen LogP contribution >= 0.6 is 0 Å². The average Bonchev–Trinajstić information content (AvgIpc) is 3.03. The first kappa shape index (κ1) is 20.9. The van der Waals surface area contributed by atoms with Crippen molar-refractivity contribution in [1.82, 2.24) is 0 Å². The van der Waals surface area contributed by atoms with E-state index in [-0.39, 0.29) is 29.7 Å². The topological polar surface area (TPSA) is 110 Å². The summed E-state index contributed by atoms with van der Waals surface area (Å²) in [6.45, 7) is -0.827. The van der Waals surface area contributed by atoms with Gasteiger partial charge >= 0.3 is 11.9 Å². The first-order valence-electron chi connectivity index (χ1n) is 8.36. The van der Waals surface area contributed by atoms with Crippen molar-refractivity contribution in [1.29, 1.82) is 0 Å². The molecule has 0 aromatic heterocycles. The predicted octanol–water partition coefficient (Wildman–Crippen LogP) is -0.479. The van der Waals surface area contributed by atoms with E-state index in [1.54, 1.807) is 0 Å². The lowest BCUT2D eigenvalue weighted by atomic mass is 9.96. The number of hydrogen-bond acceptors (Lipinski definition) is 9. The van der Waals surface area contributed by atoms with Crippen LogP contribution in [0.2, 0.25) is 0 Å². The predicted molar refractivity (Wildman–Crippen MR) is 95.2 cm³/mol. The van der Waals surface area contributed by atoms with Crippen LogP contribution in [0.4, 0.5) is 0 Å². The van der Waals surface area contributed by atoms with E-state index in [2.05, 4.69) is 0 Å². The summed E-state index contributed by atoms with van der Waals surface area (Å²) in [5.41, 5.74) is 0.128. The van der Waals surface area contributed by atoms with Gasteiger partial charge in [0.25, 0.3) is 0 Å². The van der Waals surface area contributed by atoms with Crippen molar-refractivity contribution in [2.45, 2.75) is 24.6 Å². The maximum atomic E-state index is 12.2. The third kappa shape index (κ3) is 5.04. The number of rotatable bonds is 8. The normalized spacial score (nSPS) is 21.4. The van der Waals surface area contributed by atoms with E-state index >= 15 is 0 Å². The molecule has 3 atom stereocenters. The second kappa shape index (κ2) is 9.47. The van der Waals surface area contributed by atoms with E-state index in [0.29, 0.717) is 12.2 Å². The maximum absolute atomic E-state index is 12.2. The summed E-state index contributed by atoms with van der Waals surface area (Å²) >= 11 is 0. The molecule has 0 bridgehead atoms. The molecule has 2 rings (SSSR count). The third-order valence-corrected chi connectivity index (χ3v) is 4.07. The number of ether oxygens (including phenoxy) is 6. The van der Waals surface area contributed by atoms with Gasteiger partial charge in [0, 0.05) is 12.4 Å². The molecule has 1 aliphatic rings. The highest BCUT2D eigenvalue weighted by atomic mass is 16.6. The highest BCUT2D eigenvalue weighted by Gasteiger charge is 2.35. The van der Waals surface area contributed by atoms with Gasteiger partial charge in [0.1, 0.15) is 20.1 Å². The minimum Gasteiger partial charge on any atom is -0.493 e. The summed E-state index contributed by atoms with van der Waals surface area (Å²) in [6.07, 6.45) is -0.676. The molecule has 1 fully saturated rings. The Hall–Kier alpha value is -2.46. The zero-order valence-electron chi connectivity index (χ0n) is 15.7. The van der Waals surface area contributed by atoms with Crippen molar-refractivity contribution in [2.75, 3.05) is 34.5 Å². The molecule has 1 aromatic carbocycles. The molecular formula is C17H23BO9. The summed E-state index contributed by atoms with van der Waals surface area (Å²) in [5, 5.41) is 9.24. The van der Waals surface area contributed by atoms with Crippen LogP contribution in [0, 0.1) is 0 Å². The first-order valence-corrected chi connectivity index (χ1v) is 8.36. The van der Waals surface area contributed by atoms with Crippen molar-refractivity contribution >= 4 is 19.8 Å². The number of carbonyl (C=O) groups excluding carboxylic acids is 2. The molecule has 0 aliphatic carbocycles. The van der Waals surface area contributed by atoms with Crippen LogP contribution < -0.4 is 14.2 Å². The van der Waals surface area contributed by atoms with Gasteiger partial charge in [-0.1, -0.05) is 0 Å². The summed E-state index contributed by atoms with van der Waals surface area (Å²) in [7, 11) is 6.11. The zero-order valence-corrected chi connectivity index (χ0v) is 15.7. The highest BCUT2D eigenvalue weighted by molar-refractivity contribution is 6.11. The van der Waals surface area contributed by atoms with Crippen molar-refractivity contribution in [2.24, 2.45) is 0 Å². The van der Waals surface area contributed by atoms with E-state index in [9.17, 15) is 14.7 Å². The van der Waals surface area contributed by atoms with Crippen LogP contribution in [0.5, 0.6) is 17.2 Å². The molecule has 27 heavy (non-hydrogen) atoms. The number of carbonyl (C=O) groups is 2. The van der Waals surface area contributed by atoms with E-state index in [1.165, 1.54) is 33.5 Å². The molecule has 10 heteroatoms. The monoisotopic (exact) mass is 382 g/mol. The van der Waals surface area contributed by atoms with Gasteiger partial charge in [0.15, 0.2) is 18.1 Å². The number of methoxy groups -OCH3 is 3. The maximum Gasteiger partial charge on any atom is 0.344 e. The second-order valence-corrected chi connectivity index (χ2v) is 5.92. The largest absolute Gasteiger partial charge is 0.493 e. The van der Waals surface area contributed by atoms with Crippen LogP contribution in [-0.4, -0.2) is 77.6 Å². The smallest absolute Gasteiger partial charge is 0.344 e. The standard InChI is InChI=1S/C17H23BO9/c1-22-11-4-9(5-12(23-2)16(11)24-3)17(21)25-8-15(20)27-10-6-14(18)26-13(10)7-19/h4-5,10,13-14,19H,6-8,18H2,1-3H3. The van der Waals surface area contributed by atoms with Gasteiger partial charge in [-0.2, -0.15) is 0 Å². The number of aliphatic hydroxyl groups excluding tert-OH is 1. The molecule has 9 nitrogen and oxygen atoms in total. The van der Waals surface area contributed by atoms with Crippen molar-refractivity contribution < 1.29 is 43.1 Å². The van der Waals surface area contributed by atoms with Gasteiger partial charge in [0.05, 0.1) is 33.5 Å². The molecule has 1 aliphatic heterocycles. The SMILES string of the molecule is BC1CC(OC(=O)COC(=O)c2cc(OC)c(OC)c(OC)c2)C(CO)O1. The van der Waals surface area contributed by atoms with Crippen LogP contribution in [0.25, 0.3) is 0 Å². The molecule has 1 saturated heterocycles. The number of aliphatic hydroxyl groups is 1. The molecule has 148 valence electrons. The molecule has 1 aromatic rings. The molecule has 1 N–H and O–H groups in total. The summed E-state index contributed by atoms with van der Waals surface area (Å²) in [6, 6.07) is 2.72. The number of benzene rings is 1. The van der Waals surface area contributed by atoms with Gasteiger partial charge in [-0.3, -0.25) is 0 Å². The minimum atomic E-state index is -0.749. The molecule has 1 heterocycles. The third-order valence-electron chi connectivity index (χ3n) is 4.07. The van der Waals surface area contributed by atoms with E-state index in [1.807, 2.05) is 7.85 Å². The summed E-state index contributed by atoms with van der Waals surface area (Å²) in [4.78, 5) is 24.2. The lowest BCUT2D eigenvalue weighted by Crippen LogP contribution is -2.31. The van der Waals surface area contributed by atoms with Gasteiger partial charge in [-0.25, -0.2) is 9.59 Å². The number of hydrogen-bond donors (Lipinski definition) is 1. The Morgan fingerprint density at radius 2 is 1.81 bits per heavy atom. The Morgan fingerprint density at radius 1 is 1.19 bits per heavy atom. The van der Waals surface area contributed by atoms with E-state index in [4.69, 9.17) is 28.4 Å². The quantitative estimate of drug-likeness (QED) is 0.471. The Kier molecular flexibility index (Phi) is 7.32. The second-order valence-electron chi connectivity index (χ2n) is 5.92. The van der Waals surface area contributed by atoms with Gasteiger partial charge in [-0.05, 0) is 12.1 Å². The molecule has 0 amide bonds. The summed E-state index contributed by atoms with van der Waals surface area (Å²) < 4.78 is 31.2. The molecule has 3 unspecified atom stereocenters. The Morgan fingerprint density at radius 3 is 2.33 bits per heavy atom. The Balaban J connectivity index is 1.98. The van der Waals surface area contributed by atoms with E-state index in [0.717, 1.165) is 0 Å². The lowest BCUT2D eigenvalue weighted by molar-refractivity contribution is -0.156. The van der Waals surface area contributed by atoms with Crippen LogP contribution in [0.3, 0.4) is 0 Å². The Labute approximate surface area is 157 Å². The Bertz CT molecular complexity index is 653. The van der Waals surface area contributed by atoms with Crippen molar-refractivity contribution in [3.8, 4) is 17.2 Å². The fourth-order valence-corrected chi connectivity index (χ4v) is 2.81. The highest BCUT2D eigenvalue weighted by Crippen LogP contribution is 2.38. The fraction of sp³-hybridized carbons (Fsp3) is 0.529. The molecule has 0 radical (unpaired) electrons. The minimum absolute atomic E-state index is 0.123. The zero-order chi connectivity index (χ0) is 20.0. The molecule has 0 spiro atoms. The van der Waals surface area contributed by atoms with E-state index < -0.39 is 30.8 Å². The lowest BCUT2D eigenvalue weighted by Gasteiger charge is -2.17. The average molecular weight is 382 g/mol. The molecule has 0 saturated carbocycles. The van der Waals surface area contributed by atoms with Crippen molar-refractivity contribution in [3.05, 3.63) is 17.7 Å². The molecular weight excluding hydrogens is 359 g/mol. The van der Waals surface area contributed by atoms with Crippen molar-refractivity contribution in [3.63, 3.8) is 0 Å². The van der Waals surface area contributed by atoms with Crippen LogP contribution in [0.15, 0.2) is 12.1 Å². The van der Waals surface area contributed by atoms with Gasteiger partial charge < -0.3 is 33.5 Å². The fourth-order valence-electron chi connectivity index (χ4n) is 2.81. The van der Waals surface area contributed by atoms with Gasteiger partial charge in [0.2, 0.25) is 5.75 Å². The van der Waals surface area contributed by atoms with Gasteiger partial charge in [-0.15, -0.1) is 0 Å². The van der Waals surface area contributed by atoms with Crippen LogP contribution in [-0.2, 0) is 19.0 Å². The van der Waals surface area contributed by atoms with Crippen LogP contribution in [0.1, 0.15) is 16.8 Å². The number of esters is 2.